The van der Waals surface area contributed by atoms with Crippen LogP contribution in [0.25, 0.3) is 0 Å². The Morgan fingerprint density at radius 3 is 2.87 bits per heavy atom. The third-order valence-corrected chi connectivity index (χ3v) is 2.04. The minimum atomic E-state index is -0.818. The Kier molecular flexibility index (Phi) is 4.59. The highest BCUT2D eigenvalue weighted by molar-refractivity contribution is 6.25. The molecule has 1 aromatic carbocycles. The highest BCUT2D eigenvalue weighted by atomic mass is 35.5. The van der Waals surface area contributed by atoms with Gasteiger partial charge >= 0.3 is 0 Å². The van der Waals surface area contributed by atoms with Crippen LogP contribution in [0.4, 0.5) is 4.39 Å². The second-order valence-electron chi connectivity index (χ2n) is 3.03. The van der Waals surface area contributed by atoms with Gasteiger partial charge in [0.25, 0.3) is 0 Å². The van der Waals surface area contributed by atoms with Crippen molar-refractivity contribution in [2.75, 3.05) is 6.61 Å². The van der Waals surface area contributed by atoms with E-state index in [1.54, 1.807) is 12.1 Å². The van der Waals surface area contributed by atoms with E-state index in [4.69, 9.17) is 16.3 Å². The average molecular weight is 231 g/mol. The van der Waals surface area contributed by atoms with Gasteiger partial charge in [0.2, 0.25) is 0 Å². The largest absolute Gasteiger partial charge is 0.489 e. The normalized spacial score (nSPS) is 13.1. The van der Waals surface area contributed by atoms with E-state index in [2.05, 4.69) is 0 Å². The van der Waals surface area contributed by atoms with Crippen molar-refractivity contribution in [1.29, 1.82) is 0 Å². The van der Waals surface area contributed by atoms with Crippen molar-refractivity contribution < 1.29 is 14.2 Å². The quantitative estimate of drug-likeness (QED) is 0.862. The van der Waals surface area contributed by atoms with Crippen molar-refractivity contribution in [2.24, 2.45) is 0 Å². The Morgan fingerprint density at radius 1 is 1.60 bits per heavy atom. The highest BCUT2D eigenvalue weighted by Crippen LogP contribution is 2.21. The monoisotopic (exact) mass is 230 g/mol. The number of halogens is 2. The van der Waals surface area contributed by atoms with Crippen molar-refractivity contribution in [3.05, 3.63) is 41.2 Å². The highest BCUT2D eigenvalue weighted by Gasteiger charge is 2.08. The smallest absolute Gasteiger partial charge is 0.132 e. The second-order valence-corrected chi connectivity index (χ2v) is 3.28. The zero-order valence-corrected chi connectivity index (χ0v) is 9.04. The van der Waals surface area contributed by atoms with Crippen LogP contribution in [0, 0.1) is 5.82 Å². The summed E-state index contributed by atoms with van der Waals surface area (Å²) in [6.45, 7) is 1.80. The molecule has 0 heterocycles. The van der Waals surface area contributed by atoms with Gasteiger partial charge in [-0.15, -0.1) is 0 Å². The van der Waals surface area contributed by atoms with Gasteiger partial charge in [0.05, 0.1) is 6.10 Å². The summed E-state index contributed by atoms with van der Waals surface area (Å²) in [5, 5.41) is 9.20. The molecular formula is C11H12ClFO2. The molecule has 0 unspecified atom stereocenters. The lowest BCUT2D eigenvalue weighted by atomic mass is 10.1. The Balaban J connectivity index is 2.73. The molecule has 0 amide bonds. The Hall–Kier alpha value is -1.06. The maximum Gasteiger partial charge on any atom is 0.132 e. The fraction of sp³-hybridized carbons (Fsp3) is 0.273. The van der Waals surface area contributed by atoms with Crippen LogP contribution in [-0.2, 0) is 0 Å². The molecule has 0 aliphatic carbocycles. The molecule has 0 saturated carbocycles. The van der Waals surface area contributed by atoms with Crippen LogP contribution in [0.1, 0.15) is 18.6 Å². The van der Waals surface area contributed by atoms with Crippen LogP contribution in [0.5, 0.6) is 5.75 Å². The van der Waals surface area contributed by atoms with Crippen LogP contribution < -0.4 is 4.74 Å². The van der Waals surface area contributed by atoms with E-state index in [9.17, 15) is 9.50 Å². The maximum absolute atomic E-state index is 13.3. The summed E-state index contributed by atoms with van der Waals surface area (Å²) in [4.78, 5) is 0. The predicted octanol–water partition coefficient (Wildman–Crippen LogP) is 3.01. The Labute approximate surface area is 92.9 Å². The minimum Gasteiger partial charge on any atom is -0.489 e. The van der Waals surface area contributed by atoms with E-state index >= 15 is 0 Å². The van der Waals surface area contributed by atoms with Gasteiger partial charge in [-0.25, -0.2) is 4.39 Å². The molecule has 15 heavy (non-hydrogen) atoms. The summed E-state index contributed by atoms with van der Waals surface area (Å²) in [5.41, 5.74) is 1.59. The molecule has 1 rings (SSSR count). The van der Waals surface area contributed by atoms with Crippen molar-refractivity contribution in [3.63, 3.8) is 0 Å². The first-order valence-electron chi connectivity index (χ1n) is 4.50. The SMILES string of the molecule is C[C@@H](O)c1ccc(OC/C=C/Cl)cc1F. The standard InChI is InChI=1S/C11H12ClFO2/c1-8(14)10-4-3-9(7-11(10)13)15-6-2-5-12/h2-5,7-8,14H,6H2,1H3/b5-2+/t8-/m1/s1. The molecule has 2 nitrogen and oxygen atoms in total. The molecule has 0 saturated heterocycles. The topological polar surface area (TPSA) is 29.5 Å². The summed E-state index contributed by atoms with van der Waals surface area (Å²) in [5.74, 6) is -0.0657. The second kappa shape index (κ2) is 5.73. The number of hydrogen-bond donors (Lipinski definition) is 1. The Bertz CT molecular complexity index is 350. The third-order valence-electron chi connectivity index (χ3n) is 1.86. The van der Waals surface area contributed by atoms with Gasteiger partial charge in [0.15, 0.2) is 0 Å². The molecule has 1 N–H and O–H groups in total. The lowest BCUT2D eigenvalue weighted by Crippen LogP contribution is -1.98. The summed E-state index contributed by atoms with van der Waals surface area (Å²) < 4.78 is 18.5. The zero-order chi connectivity index (χ0) is 11.3. The van der Waals surface area contributed by atoms with E-state index in [0.717, 1.165) is 0 Å². The number of aliphatic hydroxyl groups is 1. The van der Waals surface area contributed by atoms with Gasteiger partial charge in [-0.1, -0.05) is 11.6 Å². The van der Waals surface area contributed by atoms with Crippen LogP contribution >= 0.6 is 11.6 Å². The lowest BCUT2D eigenvalue weighted by molar-refractivity contribution is 0.194. The fourth-order valence-corrected chi connectivity index (χ4v) is 1.19. The number of rotatable bonds is 4. The van der Waals surface area contributed by atoms with Gasteiger partial charge in [0.1, 0.15) is 18.2 Å². The fourth-order valence-electron chi connectivity index (χ4n) is 1.12. The molecule has 1 aromatic rings. The Morgan fingerprint density at radius 2 is 2.33 bits per heavy atom. The maximum atomic E-state index is 13.3. The molecule has 0 fully saturated rings. The van der Waals surface area contributed by atoms with Crippen LogP contribution in [-0.4, -0.2) is 11.7 Å². The number of ether oxygens (including phenoxy) is 1. The molecular weight excluding hydrogens is 219 g/mol. The summed E-state index contributed by atoms with van der Waals surface area (Å²) >= 11 is 5.30. The van der Waals surface area contributed by atoms with E-state index in [1.807, 2.05) is 0 Å². The summed E-state index contributed by atoms with van der Waals surface area (Å²) in [6.07, 6.45) is 0.781. The third kappa shape index (κ3) is 3.53. The number of hydrogen-bond acceptors (Lipinski definition) is 2. The molecule has 0 bridgehead atoms. The first-order valence-corrected chi connectivity index (χ1v) is 4.94. The van der Waals surface area contributed by atoms with Crippen LogP contribution in [0.2, 0.25) is 0 Å². The van der Waals surface area contributed by atoms with E-state index in [0.29, 0.717) is 5.75 Å². The average Bonchev–Trinajstić information content (AvgIpc) is 2.17. The molecule has 1 atom stereocenters. The first-order chi connectivity index (χ1) is 7.15. The number of benzene rings is 1. The molecule has 0 spiro atoms. The van der Waals surface area contributed by atoms with Crippen molar-refractivity contribution >= 4 is 11.6 Å². The molecule has 82 valence electrons. The van der Waals surface area contributed by atoms with Crippen LogP contribution in [0.3, 0.4) is 0 Å². The molecule has 0 radical (unpaired) electrons. The van der Waals surface area contributed by atoms with Gasteiger partial charge < -0.3 is 9.84 Å². The lowest BCUT2D eigenvalue weighted by Gasteiger charge is -2.08. The summed E-state index contributed by atoms with van der Waals surface area (Å²) in [7, 11) is 0. The molecule has 0 aliphatic rings. The number of aliphatic hydroxyl groups excluding tert-OH is 1. The van der Waals surface area contributed by atoms with E-state index in [-0.39, 0.29) is 12.2 Å². The van der Waals surface area contributed by atoms with Crippen LogP contribution in [0.15, 0.2) is 29.8 Å². The molecule has 0 aliphatic heterocycles. The minimum absolute atomic E-state index is 0.259. The van der Waals surface area contributed by atoms with Gasteiger partial charge in [-0.05, 0) is 25.1 Å². The molecule has 4 heteroatoms. The predicted molar refractivity (Wildman–Crippen MR) is 57.5 cm³/mol. The van der Waals surface area contributed by atoms with E-state index < -0.39 is 11.9 Å². The zero-order valence-electron chi connectivity index (χ0n) is 8.28. The van der Waals surface area contributed by atoms with Gasteiger partial charge in [0, 0.05) is 17.2 Å². The van der Waals surface area contributed by atoms with Crippen molar-refractivity contribution in [3.8, 4) is 5.75 Å². The molecule has 0 aromatic heterocycles. The van der Waals surface area contributed by atoms with E-state index in [1.165, 1.54) is 24.6 Å². The van der Waals surface area contributed by atoms with Gasteiger partial charge in [-0.3, -0.25) is 0 Å². The van der Waals surface area contributed by atoms with Crippen molar-refractivity contribution in [1.82, 2.24) is 0 Å². The first kappa shape index (κ1) is 12.0. The van der Waals surface area contributed by atoms with Crippen molar-refractivity contribution in [2.45, 2.75) is 13.0 Å². The summed E-state index contributed by atoms with van der Waals surface area (Å²) in [6, 6.07) is 4.34. The van der Waals surface area contributed by atoms with Gasteiger partial charge in [-0.2, -0.15) is 0 Å².